The molecule has 3 atom stereocenters. The van der Waals surface area contributed by atoms with E-state index in [1.807, 2.05) is 0 Å². The summed E-state index contributed by atoms with van der Waals surface area (Å²) in [6.45, 7) is 0.337. The van der Waals surface area contributed by atoms with Crippen LogP contribution in [-0.2, 0) is 9.47 Å². The van der Waals surface area contributed by atoms with Crippen molar-refractivity contribution in [1.82, 2.24) is 0 Å². The first-order chi connectivity index (χ1) is 5.27. The van der Waals surface area contributed by atoms with Crippen molar-refractivity contribution >= 4 is 0 Å². The maximum absolute atomic E-state index is 9.36. The van der Waals surface area contributed by atoms with Gasteiger partial charge in [0.2, 0.25) is 0 Å². The predicted molar refractivity (Wildman–Crippen MR) is 35.5 cm³/mol. The third-order valence-corrected chi connectivity index (χ3v) is 1.96. The molecule has 0 saturated carbocycles. The van der Waals surface area contributed by atoms with Crippen LogP contribution in [0.4, 0.5) is 0 Å². The van der Waals surface area contributed by atoms with E-state index < -0.39 is 18.3 Å². The molecule has 0 aromatic carbocycles. The molecule has 1 fully saturated rings. The van der Waals surface area contributed by atoms with E-state index in [9.17, 15) is 10.2 Å². The molecule has 4 nitrogen and oxygen atoms in total. The highest BCUT2D eigenvalue weighted by atomic mass is 16.7. The smallest absolute Gasteiger partial charge is 0.275 e. The molecule has 2 N–H and O–H groups in total. The van der Waals surface area contributed by atoms with Crippen LogP contribution in [0.25, 0.3) is 0 Å². The van der Waals surface area contributed by atoms with Crippen molar-refractivity contribution in [3.63, 3.8) is 0 Å². The minimum atomic E-state index is -0.828. The fourth-order valence-corrected chi connectivity index (χ4v) is 1.26. The van der Waals surface area contributed by atoms with Crippen LogP contribution in [-0.4, -0.2) is 35.1 Å². The molecule has 4 heteroatoms. The maximum atomic E-state index is 9.36. The van der Waals surface area contributed by atoms with Crippen LogP contribution >= 0.6 is 0 Å². The van der Waals surface area contributed by atoms with Gasteiger partial charge in [-0.1, -0.05) is 0 Å². The molecule has 2 rings (SSSR count). The van der Waals surface area contributed by atoms with Crippen LogP contribution in [0.3, 0.4) is 0 Å². The van der Waals surface area contributed by atoms with Gasteiger partial charge in [0.15, 0.2) is 6.10 Å². The Morgan fingerprint density at radius 3 is 3.09 bits per heavy atom. The van der Waals surface area contributed by atoms with Gasteiger partial charge in [-0.05, 0) is 6.08 Å². The summed E-state index contributed by atoms with van der Waals surface area (Å²) < 4.78 is 10.2. The summed E-state index contributed by atoms with van der Waals surface area (Å²) >= 11 is 0. The van der Waals surface area contributed by atoms with Crippen molar-refractivity contribution in [2.24, 2.45) is 0 Å². The summed E-state index contributed by atoms with van der Waals surface area (Å²) in [5, 5.41) is 18.6. The zero-order valence-electron chi connectivity index (χ0n) is 5.93. The molecule has 2 heterocycles. The average molecular weight is 158 g/mol. The quantitative estimate of drug-likeness (QED) is 0.492. The van der Waals surface area contributed by atoms with E-state index in [1.165, 1.54) is 0 Å². The zero-order valence-corrected chi connectivity index (χ0v) is 5.93. The number of aliphatic hydroxyl groups excluding tert-OH is 2. The van der Waals surface area contributed by atoms with E-state index in [0.717, 1.165) is 0 Å². The van der Waals surface area contributed by atoms with E-state index in [0.29, 0.717) is 19.0 Å². The van der Waals surface area contributed by atoms with Crippen molar-refractivity contribution in [3.05, 3.63) is 12.0 Å². The van der Waals surface area contributed by atoms with Gasteiger partial charge in [-0.15, -0.1) is 0 Å². The summed E-state index contributed by atoms with van der Waals surface area (Å²) in [6.07, 6.45) is 0.111. The van der Waals surface area contributed by atoms with Crippen LogP contribution < -0.4 is 0 Å². The van der Waals surface area contributed by atoms with Gasteiger partial charge in [0.1, 0.15) is 12.7 Å². The predicted octanol–water partition coefficient (Wildman–Crippen LogP) is -0.631. The second-order valence-electron chi connectivity index (χ2n) is 2.78. The minimum Gasteiger partial charge on any atom is -0.462 e. The van der Waals surface area contributed by atoms with Gasteiger partial charge in [-0.2, -0.15) is 0 Å². The molecule has 0 radical (unpaired) electrons. The molecule has 62 valence electrons. The van der Waals surface area contributed by atoms with Gasteiger partial charge in [0, 0.05) is 6.42 Å². The van der Waals surface area contributed by atoms with Gasteiger partial charge in [-0.3, -0.25) is 0 Å². The molecule has 0 aliphatic carbocycles. The Balaban J connectivity index is 2.18. The van der Waals surface area contributed by atoms with Gasteiger partial charge < -0.3 is 19.7 Å². The highest BCUT2D eigenvalue weighted by Crippen LogP contribution is 2.24. The van der Waals surface area contributed by atoms with Gasteiger partial charge in [0.25, 0.3) is 5.95 Å². The molecule has 0 spiro atoms. The fourth-order valence-electron chi connectivity index (χ4n) is 1.26. The largest absolute Gasteiger partial charge is 0.462 e. The zero-order chi connectivity index (χ0) is 7.84. The lowest BCUT2D eigenvalue weighted by molar-refractivity contribution is -0.0444. The SMILES string of the molecule is OC1CC=C2OCC(O2)C1O. The highest BCUT2D eigenvalue weighted by molar-refractivity contribution is 4.99. The standard InChI is InChI=1S/C7H10O4/c8-4-1-2-6-10-3-5(11-6)7(4)9/h2,4-5,7-9H,1,3H2. The highest BCUT2D eigenvalue weighted by Gasteiger charge is 2.36. The molecule has 0 aromatic heterocycles. The van der Waals surface area contributed by atoms with Crippen LogP contribution in [0.5, 0.6) is 0 Å². The van der Waals surface area contributed by atoms with Crippen molar-refractivity contribution in [3.8, 4) is 0 Å². The lowest BCUT2D eigenvalue weighted by Gasteiger charge is -2.18. The average Bonchev–Trinajstić information content (AvgIpc) is 2.41. The molecular weight excluding hydrogens is 148 g/mol. The van der Waals surface area contributed by atoms with E-state index in [2.05, 4.69) is 0 Å². The van der Waals surface area contributed by atoms with Gasteiger partial charge >= 0.3 is 0 Å². The Morgan fingerprint density at radius 1 is 1.45 bits per heavy atom. The van der Waals surface area contributed by atoms with E-state index in [-0.39, 0.29) is 0 Å². The molecule has 2 aliphatic heterocycles. The number of rotatable bonds is 0. The number of aliphatic hydroxyl groups is 2. The second kappa shape index (κ2) is 2.39. The van der Waals surface area contributed by atoms with Crippen molar-refractivity contribution in [2.75, 3.05) is 6.61 Å². The molecule has 2 bridgehead atoms. The fraction of sp³-hybridized carbons (Fsp3) is 0.714. The number of fused-ring (bicyclic) bond motifs is 2. The van der Waals surface area contributed by atoms with Crippen LogP contribution in [0, 0.1) is 0 Å². The Morgan fingerprint density at radius 2 is 2.27 bits per heavy atom. The monoisotopic (exact) mass is 158 g/mol. The molecule has 1 saturated heterocycles. The van der Waals surface area contributed by atoms with E-state index in [1.54, 1.807) is 6.08 Å². The van der Waals surface area contributed by atoms with Crippen molar-refractivity contribution in [2.45, 2.75) is 24.7 Å². The Hall–Kier alpha value is -0.740. The Labute approximate surface area is 64.0 Å². The summed E-state index contributed by atoms with van der Waals surface area (Å²) in [4.78, 5) is 0. The van der Waals surface area contributed by atoms with E-state index in [4.69, 9.17) is 9.47 Å². The third-order valence-electron chi connectivity index (χ3n) is 1.96. The molecule has 11 heavy (non-hydrogen) atoms. The van der Waals surface area contributed by atoms with Crippen LogP contribution in [0.15, 0.2) is 12.0 Å². The van der Waals surface area contributed by atoms with Crippen molar-refractivity contribution in [1.29, 1.82) is 0 Å². The number of hydrogen-bond acceptors (Lipinski definition) is 4. The summed E-state index contributed by atoms with van der Waals surface area (Å²) in [5.41, 5.74) is 0. The lowest BCUT2D eigenvalue weighted by Crippen LogP contribution is -2.37. The Kier molecular flexibility index (Phi) is 1.51. The minimum absolute atomic E-state index is 0.337. The van der Waals surface area contributed by atoms with Gasteiger partial charge in [-0.25, -0.2) is 0 Å². The second-order valence-corrected chi connectivity index (χ2v) is 2.78. The first-order valence-corrected chi connectivity index (χ1v) is 3.63. The van der Waals surface area contributed by atoms with Crippen molar-refractivity contribution < 1.29 is 19.7 Å². The molecule has 0 amide bonds. The van der Waals surface area contributed by atoms with Crippen LogP contribution in [0.2, 0.25) is 0 Å². The topological polar surface area (TPSA) is 58.9 Å². The Bertz CT molecular complexity index is 189. The van der Waals surface area contributed by atoms with Crippen LogP contribution in [0.1, 0.15) is 6.42 Å². The number of hydrogen-bond donors (Lipinski definition) is 2. The molecule has 0 aromatic rings. The third kappa shape index (κ3) is 1.08. The van der Waals surface area contributed by atoms with Gasteiger partial charge in [0.05, 0.1) is 6.10 Å². The first-order valence-electron chi connectivity index (χ1n) is 3.63. The maximum Gasteiger partial charge on any atom is 0.275 e. The first kappa shape index (κ1) is 6.94. The summed E-state index contributed by atoms with van der Waals surface area (Å²) in [7, 11) is 0. The lowest BCUT2D eigenvalue weighted by atomic mass is 10.1. The number of ether oxygens (including phenoxy) is 2. The molecule has 3 unspecified atom stereocenters. The summed E-state index contributed by atoms with van der Waals surface area (Å²) in [6, 6.07) is 0. The molecule has 2 aliphatic rings. The summed E-state index contributed by atoms with van der Waals surface area (Å²) in [5.74, 6) is 0.436. The van der Waals surface area contributed by atoms with E-state index >= 15 is 0 Å². The molecular formula is C7H10O4. The normalized spacial score (nSPS) is 42.0.